The molecule has 18 atom stereocenters. The van der Waals surface area contributed by atoms with Crippen LogP contribution in [0.5, 0.6) is 0 Å². The molecule has 0 saturated carbocycles. The Morgan fingerprint density at radius 3 is 1.65 bits per heavy atom. The van der Waals surface area contributed by atoms with E-state index < -0.39 is 143 Å². The van der Waals surface area contributed by atoms with Crippen molar-refractivity contribution in [2.75, 3.05) is 33.0 Å². The van der Waals surface area contributed by atoms with Crippen LogP contribution in [-0.4, -0.2) is 231 Å². The summed E-state index contributed by atoms with van der Waals surface area (Å²) in [5, 5.41) is 152. The zero-order valence-corrected chi connectivity index (χ0v) is 24.0. The highest BCUT2D eigenvalue weighted by atomic mass is 16.8. The van der Waals surface area contributed by atoms with E-state index in [1.165, 1.54) is 0 Å². The van der Waals surface area contributed by atoms with Crippen LogP contribution in [0.15, 0.2) is 0 Å². The van der Waals surface area contributed by atoms with Crippen molar-refractivity contribution in [2.24, 2.45) is 0 Å². The highest BCUT2D eigenvalue weighted by Gasteiger charge is 2.58. The van der Waals surface area contributed by atoms with Crippen molar-refractivity contribution in [1.82, 2.24) is 0 Å². The van der Waals surface area contributed by atoms with E-state index in [1.54, 1.807) is 0 Å². The van der Waals surface area contributed by atoms with Crippen molar-refractivity contribution in [3.8, 4) is 0 Å². The quantitative estimate of drug-likeness (QED) is 0.0800. The largest absolute Gasteiger partial charge is 0.394 e. The van der Waals surface area contributed by atoms with Crippen LogP contribution in [0.1, 0.15) is 0 Å². The van der Waals surface area contributed by atoms with Crippen LogP contribution in [0.2, 0.25) is 0 Å². The fraction of sp³-hybridized carbons (Fsp3) is 0.958. The molecule has 0 aliphatic carbocycles. The van der Waals surface area contributed by atoms with E-state index in [1.807, 2.05) is 0 Å². The van der Waals surface area contributed by atoms with Gasteiger partial charge in [0.2, 0.25) is 5.79 Å². The van der Waals surface area contributed by atoms with Gasteiger partial charge in [-0.2, -0.15) is 0 Å². The van der Waals surface area contributed by atoms with Crippen LogP contribution in [0.25, 0.3) is 0 Å². The zero-order chi connectivity index (χ0) is 35.1. The number of hydrogen-bond donors (Lipinski definition) is 16. The number of aldehydes is 1. The summed E-state index contributed by atoms with van der Waals surface area (Å²) < 4.78 is 26.4. The van der Waals surface area contributed by atoms with Gasteiger partial charge in [0.25, 0.3) is 0 Å². The number of aliphatic hydroxyl groups is 16. The maximum absolute atomic E-state index is 10.3. The molecular formula is C24H44O22. The molecular weight excluding hydrogens is 640 g/mol. The molecule has 0 aromatic rings. The summed E-state index contributed by atoms with van der Waals surface area (Å²) in [7, 11) is 0. The minimum absolute atomic E-state index is 0.0258. The van der Waals surface area contributed by atoms with Gasteiger partial charge in [-0.1, -0.05) is 0 Å². The second kappa shape index (κ2) is 18.0. The molecule has 3 aliphatic heterocycles. The van der Waals surface area contributed by atoms with E-state index in [0.29, 0.717) is 0 Å². The van der Waals surface area contributed by atoms with Crippen molar-refractivity contribution in [3.05, 3.63) is 0 Å². The molecule has 22 heteroatoms. The van der Waals surface area contributed by atoms with E-state index in [9.17, 15) is 61.0 Å². The molecule has 0 spiro atoms. The normalized spacial score (nSPS) is 44.0. The Balaban J connectivity index is 0.000000521. The Morgan fingerprint density at radius 2 is 1.17 bits per heavy atom. The molecule has 46 heavy (non-hydrogen) atoms. The van der Waals surface area contributed by atoms with Crippen LogP contribution in [0.3, 0.4) is 0 Å². The van der Waals surface area contributed by atoms with Crippen molar-refractivity contribution in [2.45, 2.75) is 110 Å². The third-order valence-electron chi connectivity index (χ3n) is 7.58. The van der Waals surface area contributed by atoms with Crippen LogP contribution < -0.4 is 0 Å². The van der Waals surface area contributed by atoms with E-state index in [-0.39, 0.29) is 6.29 Å². The van der Waals surface area contributed by atoms with Gasteiger partial charge in [-0.3, -0.25) is 0 Å². The third kappa shape index (κ3) is 9.08. The van der Waals surface area contributed by atoms with Gasteiger partial charge in [-0.25, -0.2) is 0 Å². The topological polar surface area (TPSA) is 387 Å². The predicted octanol–water partition coefficient (Wildman–Crippen LogP) is -11.0. The lowest BCUT2D eigenvalue weighted by Crippen LogP contribution is -2.63. The molecule has 0 bridgehead atoms. The maximum Gasteiger partial charge on any atom is 0.224 e. The van der Waals surface area contributed by atoms with Gasteiger partial charge in [0.15, 0.2) is 18.9 Å². The van der Waals surface area contributed by atoms with Gasteiger partial charge in [0.1, 0.15) is 98.2 Å². The van der Waals surface area contributed by atoms with E-state index in [0.717, 1.165) is 0 Å². The molecule has 22 nitrogen and oxygen atoms in total. The van der Waals surface area contributed by atoms with Gasteiger partial charge in [-0.05, 0) is 0 Å². The van der Waals surface area contributed by atoms with Gasteiger partial charge >= 0.3 is 0 Å². The predicted molar refractivity (Wildman–Crippen MR) is 138 cm³/mol. The highest BCUT2D eigenvalue weighted by Crippen LogP contribution is 2.36. The molecule has 16 N–H and O–H groups in total. The standard InChI is InChI=1S/C18H32O16.C6H12O6/c19-1-5-8(22)11(25)13(27)16(31-5)30-3-7-9(23)12(26)14(28)17(32-7)34-18(4-21)15(29)10(24)6(2-20)33-18;7-1-3(9)5(11)6(12)4(10)2-8/h5-17,19-29H,1-4H2;1,3-6,8-12H,2H2/t5-,6-,7-,8+,9-,10-,11+,12+,13-,14-,15+,16+,17-,18+;3-,4+,5+,6-/m10/s1. The van der Waals surface area contributed by atoms with E-state index in [4.69, 9.17) is 49.2 Å². The first-order valence-electron chi connectivity index (χ1n) is 13.9. The van der Waals surface area contributed by atoms with Crippen molar-refractivity contribution in [3.63, 3.8) is 0 Å². The Kier molecular flexibility index (Phi) is 16.0. The number of rotatable bonds is 13. The molecule has 3 rings (SSSR count). The molecule has 0 unspecified atom stereocenters. The molecule has 3 heterocycles. The summed E-state index contributed by atoms with van der Waals surface area (Å²) in [5.74, 6) is -2.36. The van der Waals surface area contributed by atoms with E-state index >= 15 is 0 Å². The van der Waals surface area contributed by atoms with Crippen LogP contribution in [-0.2, 0) is 28.5 Å². The number of ether oxygens (including phenoxy) is 5. The first-order chi connectivity index (χ1) is 21.5. The first-order valence-corrected chi connectivity index (χ1v) is 13.9. The molecule has 0 aromatic heterocycles. The monoisotopic (exact) mass is 684 g/mol. The first kappa shape index (κ1) is 41.0. The summed E-state index contributed by atoms with van der Waals surface area (Å²) in [6.45, 7) is -3.90. The fourth-order valence-corrected chi connectivity index (χ4v) is 4.63. The van der Waals surface area contributed by atoms with E-state index in [2.05, 4.69) is 0 Å². The average Bonchev–Trinajstić information content (AvgIpc) is 3.31. The van der Waals surface area contributed by atoms with Crippen molar-refractivity contribution in [1.29, 1.82) is 0 Å². The van der Waals surface area contributed by atoms with Crippen LogP contribution >= 0.6 is 0 Å². The highest BCUT2D eigenvalue weighted by molar-refractivity contribution is 5.56. The second-order valence-corrected chi connectivity index (χ2v) is 10.8. The lowest BCUT2D eigenvalue weighted by Gasteiger charge is -2.44. The van der Waals surface area contributed by atoms with Gasteiger partial charge < -0.3 is 110 Å². The molecule has 3 aliphatic rings. The zero-order valence-electron chi connectivity index (χ0n) is 24.0. The van der Waals surface area contributed by atoms with Gasteiger partial charge in [0, 0.05) is 0 Å². The molecule has 3 fully saturated rings. The smallest absolute Gasteiger partial charge is 0.224 e. The third-order valence-corrected chi connectivity index (χ3v) is 7.58. The summed E-state index contributed by atoms with van der Waals surface area (Å²) in [6.07, 6.45) is -28.6. The molecule has 0 radical (unpaired) electrons. The van der Waals surface area contributed by atoms with Gasteiger partial charge in [0.05, 0.1) is 26.4 Å². The Morgan fingerprint density at radius 1 is 0.652 bits per heavy atom. The maximum atomic E-state index is 10.3. The SMILES string of the molecule is O=C[C@H](O)[C@@H](O)[C@@H](O)[C@H](O)CO.OC[C@H]1O[C@H](OC[C@H]2O[C@H](O[C@]3(CO)O[C@H](CO)[C@@H](O)[C@@H]3O)[C@H](O)[C@@H](O)[C@@H]2O)[C@H](O)[C@@H](O)[C@H]1O. The number of carbonyl (C=O) groups is 1. The minimum atomic E-state index is -2.36. The van der Waals surface area contributed by atoms with Crippen molar-refractivity contribution >= 4 is 6.29 Å². The van der Waals surface area contributed by atoms with Crippen LogP contribution in [0, 0.1) is 0 Å². The lowest BCUT2D eigenvalue weighted by molar-refractivity contribution is -0.388. The molecule has 0 aromatic carbocycles. The average molecular weight is 685 g/mol. The Labute approximate surface area is 260 Å². The van der Waals surface area contributed by atoms with Crippen LogP contribution in [0.4, 0.5) is 0 Å². The summed E-state index contributed by atoms with van der Waals surface area (Å²) >= 11 is 0. The summed E-state index contributed by atoms with van der Waals surface area (Å²) in [4.78, 5) is 9.90. The number of carbonyl (C=O) groups excluding carboxylic acids is 1. The molecule has 3 saturated heterocycles. The minimum Gasteiger partial charge on any atom is -0.394 e. The lowest BCUT2D eigenvalue weighted by atomic mass is 9.98. The van der Waals surface area contributed by atoms with Crippen molar-refractivity contribution < 1.29 is 110 Å². The summed E-state index contributed by atoms with van der Waals surface area (Å²) in [5.41, 5.74) is 0. The van der Waals surface area contributed by atoms with Gasteiger partial charge in [-0.15, -0.1) is 0 Å². The fourth-order valence-electron chi connectivity index (χ4n) is 4.63. The molecule has 0 amide bonds. The number of hydrogen-bond acceptors (Lipinski definition) is 22. The second-order valence-electron chi connectivity index (χ2n) is 10.8. The Bertz CT molecular complexity index is 900. The number of aliphatic hydroxyl groups excluding tert-OH is 16. The summed E-state index contributed by atoms with van der Waals surface area (Å²) in [6, 6.07) is 0. The Hall–Kier alpha value is -1.17. The molecule has 272 valence electrons.